The standard InChI is InChI=1S/C6H13O2P/c1-5-9(7,8)6(2,3)4/h5H,1H2,2-4H3,(H,7,8). The summed E-state index contributed by atoms with van der Waals surface area (Å²) in [6.07, 6.45) is 0. The quantitative estimate of drug-likeness (QED) is 0.579. The summed E-state index contributed by atoms with van der Waals surface area (Å²) in [5, 5.41) is -0.561. The van der Waals surface area contributed by atoms with E-state index in [-0.39, 0.29) is 0 Å². The van der Waals surface area contributed by atoms with Crippen molar-refractivity contribution in [3.63, 3.8) is 0 Å². The first-order valence-electron chi connectivity index (χ1n) is 2.77. The van der Waals surface area contributed by atoms with Crippen molar-refractivity contribution in [1.29, 1.82) is 0 Å². The molecule has 0 aliphatic heterocycles. The zero-order valence-corrected chi connectivity index (χ0v) is 6.98. The summed E-state index contributed by atoms with van der Waals surface area (Å²) in [7, 11) is -3.09. The van der Waals surface area contributed by atoms with Crippen LogP contribution >= 0.6 is 7.37 Å². The Hall–Kier alpha value is -0.0700. The molecule has 0 aliphatic carbocycles. The second kappa shape index (κ2) is 2.28. The van der Waals surface area contributed by atoms with Crippen LogP contribution in [0.2, 0.25) is 0 Å². The second-order valence-electron chi connectivity index (χ2n) is 2.98. The SMILES string of the molecule is C=CP(=O)(O)C(C)(C)C. The maximum atomic E-state index is 11.0. The Labute approximate surface area is 56.0 Å². The molecule has 0 saturated heterocycles. The van der Waals surface area contributed by atoms with Crippen LogP contribution in [0.4, 0.5) is 0 Å². The first-order valence-corrected chi connectivity index (χ1v) is 4.50. The number of hydrogen-bond acceptors (Lipinski definition) is 1. The van der Waals surface area contributed by atoms with Gasteiger partial charge in [-0.1, -0.05) is 27.4 Å². The zero-order valence-electron chi connectivity index (χ0n) is 6.09. The van der Waals surface area contributed by atoms with Crippen LogP contribution in [0.3, 0.4) is 0 Å². The minimum Gasteiger partial charge on any atom is -0.341 e. The lowest BCUT2D eigenvalue weighted by Crippen LogP contribution is -2.12. The molecular weight excluding hydrogens is 135 g/mol. The normalized spacial score (nSPS) is 18.7. The fraction of sp³-hybridized carbons (Fsp3) is 0.667. The highest BCUT2D eigenvalue weighted by Crippen LogP contribution is 2.54. The van der Waals surface area contributed by atoms with E-state index in [4.69, 9.17) is 4.89 Å². The smallest absolute Gasteiger partial charge is 0.227 e. The Kier molecular flexibility index (Phi) is 2.26. The van der Waals surface area contributed by atoms with Crippen molar-refractivity contribution in [3.05, 3.63) is 12.4 Å². The van der Waals surface area contributed by atoms with Crippen molar-refractivity contribution in [2.75, 3.05) is 0 Å². The van der Waals surface area contributed by atoms with Crippen molar-refractivity contribution in [3.8, 4) is 0 Å². The number of rotatable bonds is 1. The third-order valence-corrected chi connectivity index (χ3v) is 3.63. The first kappa shape index (κ1) is 8.93. The van der Waals surface area contributed by atoms with Crippen LogP contribution in [0.1, 0.15) is 20.8 Å². The van der Waals surface area contributed by atoms with Gasteiger partial charge in [-0.25, -0.2) is 0 Å². The van der Waals surface area contributed by atoms with Gasteiger partial charge in [0, 0.05) is 5.16 Å². The molecule has 0 aromatic carbocycles. The lowest BCUT2D eigenvalue weighted by Gasteiger charge is -2.22. The van der Waals surface area contributed by atoms with Gasteiger partial charge >= 0.3 is 0 Å². The van der Waals surface area contributed by atoms with E-state index in [9.17, 15) is 4.57 Å². The van der Waals surface area contributed by atoms with Crippen LogP contribution in [0.5, 0.6) is 0 Å². The van der Waals surface area contributed by atoms with Gasteiger partial charge in [-0.15, -0.1) is 0 Å². The van der Waals surface area contributed by atoms with Crippen LogP contribution in [0, 0.1) is 0 Å². The summed E-state index contributed by atoms with van der Waals surface area (Å²) in [6.45, 7) is 8.44. The Morgan fingerprint density at radius 2 is 1.89 bits per heavy atom. The highest BCUT2D eigenvalue weighted by atomic mass is 31.2. The van der Waals surface area contributed by atoms with Gasteiger partial charge < -0.3 is 4.89 Å². The highest BCUT2D eigenvalue weighted by molar-refractivity contribution is 7.62. The average molecular weight is 148 g/mol. The molecule has 54 valence electrons. The molecule has 9 heavy (non-hydrogen) atoms. The molecule has 3 heteroatoms. The van der Waals surface area contributed by atoms with Crippen LogP contribution in [-0.4, -0.2) is 10.0 Å². The molecule has 0 spiro atoms. The van der Waals surface area contributed by atoms with Gasteiger partial charge in [0.25, 0.3) is 0 Å². The average Bonchev–Trinajstić information content (AvgIpc) is 1.64. The molecule has 0 aliphatic rings. The Morgan fingerprint density at radius 1 is 1.56 bits per heavy atom. The fourth-order valence-corrected chi connectivity index (χ4v) is 0.822. The predicted molar refractivity (Wildman–Crippen MR) is 39.8 cm³/mol. The lowest BCUT2D eigenvalue weighted by molar-refractivity contribution is 0.457. The summed E-state index contributed by atoms with van der Waals surface area (Å²) in [5.41, 5.74) is 0. The van der Waals surface area contributed by atoms with E-state index in [0.29, 0.717) is 0 Å². The van der Waals surface area contributed by atoms with Crippen molar-refractivity contribution in [1.82, 2.24) is 0 Å². The van der Waals surface area contributed by atoms with E-state index in [1.54, 1.807) is 20.8 Å². The van der Waals surface area contributed by atoms with Crippen LogP contribution < -0.4 is 0 Å². The summed E-state index contributed by atoms with van der Waals surface area (Å²) >= 11 is 0. The highest BCUT2D eigenvalue weighted by Gasteiger charge is 2.30. The molecule has 2 nitrogen and oxygen atoms in total. The Balaban J connectivity index is 4.54. The minimum absolute atomic E-state index is 0.561. The van der Waals surface area contributed by atoms with Gasteiger partial charge in [0.05, 0.1) is 0 Å². The summed E-state index contributed by atoms with van der Waals surface area (Å²) in [6, 6.07) is 0. The van der Waals surface area contributed by atoms with Gasteiger partial charge in [0.15, 0.2) is 0 Å². The van der Waals surface area contributed by atoms with E-state index in [1.807, 2.05) is 0 Å². The minimum atomic E-state index is -3.09. The molecule has 1 atom stereocenters. The van der Waals surface area contributed by atoms with E-state index in [1.165, 1.54) is 0 Å². The Morgan fingerprint density at radius 3 is 1.89 bits per heavy atom. The van der Waals surface area contributed by atoms with E-state index in [0.717, 1.165) is 5.82 Å². The summed E-state index contributed by atoms with van der Waals surface area (Å²) in [5.74, 6) is 1.13. The summed E-state index contributed by atoms with van der Waals surface area (Å²) in [4.78, 5) is 9.10. The predicted octanol–water partition coefficient (Wildman–Crippen LogP) is 2.20. The number of hydrogen-bond donors (Lipinski definition) is 1. The molecule has 0 saturated carbocycles. The molecule has 1 N–H and O–H groups in total. The monoisotopic (exact) mass is 148 g/mol. The van der Waals surface area contributed by atoms with Crippen molar-refractivity contribution < 1.29 is 9.46 Å². The molecule has 0 aromatic rings. The van der Waals surface area contributed by atoms with Crippen molar-refractivity contribution in [2.24, 2.45) is 0 Å². The van der Waals surface area contributed by atoms with Crippen molar-refractivity contribution >= 4 is 7.37 Å². The van der Waals surface area contributed by atoms with Gasteiger partial charge in [-0.05, 0) is 5.82 Å². The van der Waals surface area contributed by atoms with E-state index >= 15 is 0 Å². The molecule has 0 bridgehead atoms. The third kappa shape index (κ3) is 1.96. The fourth-order valence-electron chi connectivity index (χ4n) is 0.274. The molecule has 0 rings (SSSR count). The van der Waals surface area contributed by atoms with Gasteiger partial charge in [0.1, 0.15) is 0 Å². The largest absolute Gasteiger partial charge is 0.341 e. The molecular formula is C6H13O2P. The first-order chi connectivity index (χ1) is 3.81. The van der Waals surface area contributed by atoms with Gasteiger partial charge in [-0.3, -0.25) is 4.57 Å². The van der Waals surface area contributed by atoms with Crippen molar-refractivity contribution in [2.45, 2.75) is 25.9 Å². The Bertz CT molecular complexity index is 155. The third-order valence-electron chi connectivity index (χ3n) is 1.21. The van der Waals surface area contributed by atoms with E-state index in [2.05, 4.69) is 6.58 Å². The molecule has 0 heterocycles. The van der Waals surface area contributed by atoms with Gasteiger partial charge in [0.2, 0.25) is 7.37 Å². The van der Waals surface area contributed by atoms with Crippen LogP contribution in [0.15, 0.2) is 12.4 Å². The second-order valence-corrected chi connectivity index (χ2v) is 5.93. The maximum Gasteiger partial charge on any atom is 0.227 e. The zero-order chi connectivity index (χ0) is 7.71. The molecule has 1 unspecified atom stereocenters. The van der Waals surface area contributed by atoms with Crippen LogP contribution in [-0.2, 0) is 4.57 Å². The molecule has 0 radical (unpaired) electrons. The molecule has 0 aromatic heterocycles. The van der Waals surface area contributed by atoms with E-state index < -0.39 is 12.5 Å². The lowest BCUT2D eigenvalue weighted by atomic mass is 10.3. The molecule has 0 amide bonds. The topological polar surface area (TPSA) is 37.3 Å². The van der Waals surface area contributed by atoms with Gasteiger partial charge in [-0.2, -0.15) is 0 Å². The van der Waals surface area contributed by atoms with Crippen LogP contribution in [0.25, 0.3) is 0 Å². The summed E-state index contributed by atoms with van der Waals surface area (Å²) < 4.78 is 11.0. The molecule has 0 fully saturated rings. The maximum absolute atomic E-state index is 11.0.